The zero-order valence-corrected chi connectivity index (χ0v) is 8.50. The van der Waals surface area contributed by atoms with Gasteiger partial charge in [-0.3, -0.25) is 0 Å². The molecule has 1 aromatic carbocycles. The van der Waals surface area contributed by atoms with Crippen LogP contribution in [0.4, 0.5) is 17.6 Å². The van der Waals surface area contributed by atoms with Crippen LogP contribution >= 0.6 is 0 Å². The molecule has 0 aliphatic carbocycles. The monoisotopic (exact) mass is 241 g/mol. The zero-order chi connectivity index (χ0) is 12.5. The van der Waals surface area contributed by atoms with Gasteiger partial charge in [-0.25, -0.2) is 4.98 Å². The summed E-state index contributed by atoms with van der Waals surface area (Å²) in [5.41, 5.74) is -1.22. The van der Waals surface area contributed by atoms with Crippen LogP contribution in [0.15, 0.2) is 42.6 Å². The molecule has 0 atom stereocenters. The molecule has 0 saturated heterocycles. The Bertz CT molecular complexity index is 520. The lowest BCUT2D eigenvalue weighted by atomic mass is 10.0. The fourth-order valence-corrected chi connectivity index (χ4v) is 1.56. The Morgan fingerprint density at radius 2 is 1.59 bits per heavy atom. The lowest BCUT2D eigenvalue weighted by Gasteiger charge is -2.12. The summed E-state index contributed by atoms with van der Waals surface area (Å²) in [6.45, 7) is 0. The minimum absolute atomic E-state index is 0.203. The number of benzene rings is 1. The first-order valence-corrected chi connectivity index (χ1v) is 4.77. The first-order valence-electron chi connectivity index (χ1n) is 4.77. The van der Waals surface area contributed by atoms with Crippen molar-refractivity contribution >= 4 is 0 Å². The predicted octanol–water partition coefficient (Wildman–Crippen LogP) is 3.91. The Morgan fingerprint density at radius 3 is 2.18 bits per heavy atom. The molecule has 0 amide bonds. The minimum atomic E-state index is -4.76. The molecule has 5 heteroatoms. The van der Waals surface area contributed by atoms with Crippen LogP contribution in [-0.2, 0) is 6.18 Å². The molecule has 1 nitrogen and oxygen atoms in total. The van der Waals surface area contributed by atoms with Crippen molar-refractivity contribution in [3.05, 3.63) is 54.1 Å². The summed E-state index contributed by atoms with van der Waals surface area (Å²) >= 11 is 0. The number of rotatable bonds is 1. The second-order valence-electron chi connectivity index (χ2n) is 3.39. The highest BCUT2D eigenvalue weighted by Gasteiger charge is 2.37. The fraction of sp³-hybridized carbons (Fsp3) is 0.0833. The van der Waals surface area contributed by atoms with Crippen LogP contribution in [0.3, 0.4) is 0 Å². The largest absolute Gasteiger partial charge is 0.421 e. The van der Waals surface area contributed by atoms with Crippen LogP contribution in [0, 0.1) is 5.95 Å². The van der Waals surface area contributed by atoms with E-state index in [1.165, 1.54) is 12.1 Å². The topological polar surface area (TPSA) is 12.9 Å². The van der Waals surface area contributed by atoms with Crippen molar-refractivity contribution in [1.29, 1.82) is 0 Å². The Hall–Kier alpha value is -1.91. The van der Waals surface area contributed by atoms with Crippen molar-refractivity contribution in [3.63, 3.8) is 0 Å². The normalized spacial score (nSPS) is 11.5. The van der Waals surface area contributed by atoms with E-state index in [0.717, 1.165) is 12.3 Å². The second-order valence-corrected chi connectivity index (χ2v) is 3.39. The van der Waals surface area contributed by atoms with Crippen molar-refractivity contribution in [3.8, 4) is 11.1 Å². The smallest absolute Gasteiger partial charge is 0.228 e. The van der Waals surface area contributed by atoms with Crippen molar-refractivity contribution in [2.75, 3.05) is 0 Å². The van der Waals surface area contributed by atoms with Gasteiger partial charge in [0.25, 0.3) is 0 Å². The summed E-state index contributed by atoms with van der Waals surface area (Å²) in [5.74, 6) is -1.50. The lowest BCUT2D eigenvalue weighted by molar-refractivity contribution is -0.139. The fourth-order valence-electron chi connectivity index (χ4n) is 1.56. The molecule has 0 bridgehead atoms. The summed E-state index contributed by atoms with van der Waals surface area (Å²) < 4.78 is 51.3. The molecule has 1 heterocycles. The molecule has 0 unspecified atom stereocenters. The van der Waals surface area contributed by atoms with Crippen molar-refractivity contribution in [2.45, 2.75) is 6.18 Å². The van der Waals surface area contributed by atoms with Gasteiger partial charge in [-0.15, -0.1) is 0 Å². The molecule has 2 aromatic rings. The molecule has 0 aliphatic rings. The van der Waals surface area contributed by atoms with Crippen LogP contribution in [0.1, 0.15) is 5.56 Å². The van der Waals surface area contributed by atoms with Gasteiger partial charge in [-0.1, -0.05) is 30.3 Å². The average molecular weight is 241 g/mol. The Morgan fingerprint density at radius 1 is 0.941 bits per heavy atom. The van der Waals surface area contributed by atoms with Crippen LogP contribution < -0.4 is 0 Å². The molecule has 1 aromatic heterocycles. The van der Waals surface area contributed by atoms with Gasteiger partial charge in [0.05, 0.1) is 0 Å². The number of aromatic nitrogens is 1. The van der Waals surface area contributed by atoms with E-state index in [0.29, 0.717) is 5.56 Å². The van der Waals surface area contributed by atoms with E-state index in [4.69, 9.17) is 0 Å². The standard InChI is InChI=1S/C12H7F4N/c13-11-10(12(14,15)16)9(6-7-17-11)8-4-2-1-3-5-8/h1-7H. The van der Waals surface area contributed by atoms with Gasteiger partial charge >= 0.3 is 6.18 Å². The van der Waals surface area contributed by atoms with Gasteiger partial charge in [0.15, 0.2) is 0 Å². The molecule has 0 radical (unpaired) electrons. The first-order chi connectivity index (χ1) is 8.00. The minimum Gasteiger partial charge on any atom is -0.228 e. The Balaban J connectivity index is 2.67. The summed E-state index contributed by atoms with van der Waals surface area (Å²) in [4.78, 5) is 3.05. The van der Waals surface area contributed by atoms with Crippen LogP contribution in [-0.4, -0.2) is 4.98 Å². The lowest BCUT2D eigenvalue weighted by Crippen LogP contribution is -2.11. The maximum absolute atomic E-state index is 13.2. The van der Waals surface area contributed by atoms with E-state index < -0.39 is 17.7 Å². The molecule has 0 N–H and O–H groups in total. The zero-order valence-electron chi connectivity index (χ0n) is 8.50. The van der Waals surface area contributed by atoms with E-state index in [1.807, 2.05) is 0 Å². The second kappa shape index (κ2) is 4.16. The van der Waals surface area contributed by atoms with Gasteiger partial charge in [0.1, 0.15) is 5.56 Å². The SMILES string of the molecule is Fc1nccc(-c2ccccc2)c1C(F)(F)F. The Labute approximate surface area is 94.7 Å². The highest BCUT2D eigenvalue weighted by atomic mass is 19.4. The van der Waals surface area contributed by atoms with E-state index >= 15 is 0 Å². The van der Waals surface area contributed by atoms with Gasteiger partial charge < -0.3 is 0 Å². The Kier molecular flexibility index (Phi) is 2.83. The molecule has 0 aliphatic heterocycles. The van der Waals surface area contributed by atoms with E-state index in [1.54, 1.807) is 18.2 Å². The number of nitrogens with zero attached hydrogens (tertiary/aromatic N) is 1. The van der Waals surface area contributed by atoms with Gasteiger partial charge in [0, 0.05) is 11.8 Å². The van der Waals surface area contributed by atoms with Gasteiger partial charge in [-0.2, -0.15) is 17.6 Å². The van der Waals surface area contributed by atoms with Crippen molar-refractivity contribution in [2.24, 2.45) is 0 Å². The number of hydrogen-bond acceptors (Lipinski definition) is 1. The molecule has 0 spiro atoms. The third kappa shape index (κ3) is 2.27. The maximum Gasteiger partial charge on any atom is 0.421 e. The highest BCUT2D eigenvalue weighted by molar-refractivity contribution is 5.67. The molecular weight excluding hydrogens is 234 g/mol. The number of hydrogen-bond donors (Lipinski definition) is 0. The molecule has 0 fully saturated rings. The summed E-state index contributed by atoms with van der Waals surface area (Å²) in [6, 6.07) is 8.99. The van der Waals surface area contributed by atoms with Crippen molar-refractivity contribution in [1.82, 2.24) is 4.98 Å². The van der Waals surface area contributed by atoms with E-state index in [-0.39, 0.29) is 5.56 Å². The van der Waals surface area contributed by atoms with Crippen molar-refractivity contribution < 1.29 is 17.6 Å². The van der Waals surface area contributed by atoms with Crippen LogP contribution in [0.2, 0.25) is 0 Å². The van der Waals surface area contributed by atoms with E-state index in [2.05, 4.69) is 4.98 Å². The van der Waals surface area contributed by atoms with Gasteiger partial charge in [0.2, 0.25) is 5.95 Å². The first kappa shape index (κ1) is 11.6. The van der Waals surface area contributed by atoms with Crippen LogP contribution in [0.25, 0.3) is 11.1 Å². The van der Waals surface area contributed by atoms with Crippen LogP contribution in [0.5, 0.6) is 0 Å². The molecular formula is C12H7F4N. The molecule has 2 rings (SSSR count). The summed E-state index contributed by atoms with van der Waals surface area (Å²) in [6.07, 6.45) is -3.74. The number of halogens is 4. The van der Waals surface area contributed by atoms with E-state index in [9.17, 15) is 17.6 Å². The molecule has 17 heavy (non-hydrogen) atoms. The number of alkyl halides is 3. The highest BCUT2D eigenvalue weighted by Crippen LogP contribution is 2.37. The quantitative estimate of drug-likeness (QED) is 0.545. The van der Waals surface area contributed by atoms with Gasteiger partial charge in [-0.05, 0) is 11.6 Å². The summed E-state index contributed by atoms with van der Waals surface area (Å²) in [5, 5.41) is 0. The number of pyridine rings is 1. The molecule has 0 saturated carbocycles. The summed E-state index contributed by atoms with van der Waals surface area (Å²) in [7, 11) is 0. The maximum atomic E-state index is 13.2. The molecule has 88 valence electrons. The average Bonchev–Trinajstić information content (AvgIpc) is 2.28. The third-order valence-electron chi connectivity index (χ3n) is 2.27. The predicted molar refractivity (Wildman–Crippen MR) is 54.6 cm³/mol. The third-order valence-corrected chi connectivity index (χ3v) is 2.27.